The maximum Gasteiger partial charge on any atom is 0.228 e. The third kappa shape index (κ3) is 5.35. The predicted molar refractivity (Wildman–Crippen MR) is 140 cm³/mol. The first kappa shape index (κ1) is 23.8. The molecule has 2 aliphatic rings. The number of benzene rings is 2. The Morgan fingerprint density at radius 2 is 1.77 bits per heavy atom. The molecule has 5 nitrogen and oxygen atoms in total. The second kappa shape index (κ2) is 10.8. The number of carbonyl (C=O) groups is 1. The maximum absolute atomic E-state index is 13.9. The normalized spacial score (nSPS) is 19.6. The Bertz CT molecular complexity index is 1150. The highest BCUT2D eigenvalue weighted by Gasteiger charge is 2.42. The van der Waals surface area contributed by atoms with E-state index < -0.39 is 0 Å². The number of para-hydroxylation sites is 2. The molecule has 0 bridgehead atoms. The molecule has 0 unspecified atom stereocenters. The predicted octanol–water partition coefficient (Wildman–Crippen LogP) is 5.47. The Hall–Kier alpha value is -2.92. The highest BCUT2D eigenvalue weighted by Crippen LogP contribution is 2.39. The van der Waals surface area contributed by atoms with Crippen LogP contribution in [0.1, 0.15) is 50.2 Å². The smallest absolute Gasteiger partial charge is 0.228 e. The number of ether oxygens (including phenoxy) is 1. The van der Waals surface area contributed by atoms with Gasteiger partial charge in [0, 0.05) is 24.7 Å². The van der Waals surface area contributed by atoms with E-state index >= 15 is 0 Å². The molecule has 5 rings (SSSR count). The van der Waals surface area contributed by atoms with Gasteiger partial charge in [-0.15, -0.1) is 0 Å². The third-order valence-electron chi connectivity index (χ3n) is 7.93. The number of aryl methyl sites for hydroxylation is 1. The summed E-state index contributed by atoms with van der Waals surface area (Å²) in [6.07, 6.45) is 8.03. The number of carbonyl (C=O) groups excluding carboxylic acids is 1. The lowest BCUT2D eigenvalue weighted by Crippen LogP contribution is -2.51. The molecule has 35 heavy (non-hydrogen) atoms. The van der Waals surface area contributed by atoms with Crippen molar-refractivity contribution in [2.45, 2.75) is 52.0 Å². The summed E-state index contributed by atoms with van der Waals surface area (Å²) >= 11 is 0. The van der Waals surface area contributed by atoms with Crippen LogP contribution in [0.25, 0.3) is 10.9 Å². The van der Waals surface area contributed by atoms with E-state index in [2.05, 4.69) is 59.3 Å². The van der Waals surface area contributed by atoms with Crippen LogP contribution in [-0.4, -0.2) is 53.5 Å². The molecule has 1 spiro atoms. The minimum absolute atomic E-state index is 0.243. The summed E-state index contributed by atoms with van der Waals surface area (Å²) in [6.45, 7) is 6.83. The number of fused-ring (bicyclic) bond motifs is 2. The van der Waals surface area contributed by atoms with Crippen LogP contribution < -0.4 is 4.74 Å². The van der Waals surface area contributed by atoms with Gasteiger partial charge in [0.1, 0.15) is 12.4 Å². The lowest BCUT2D eigenvalue weighted by Gasteiger charge is -2.43. The van der Waals surface area contributed by atoms with E-state index in [9.17, 15) is 4.79 Å². The van der Waals surface area contributed by atoms with Crippen molar-refractivity contribution in [1.82, 2.24) is 14.8 Å². The largest absolute Gasteiger partial charge is 0.491 e. The SMILES string of the molecule is CCN1CCOc2ccccc2CCCCC2(CCN(Cc3cnc4ccccc4c3)CC2)C1=O. The fourth-order valence-electron chi connectivity index (χ4n) is 5.81. The van der Waals surface area contributed by atoms with Crippen LogP contribution in [0.2, 0.25) is 0 Å². The lowest BCUT2D eigenvalue weighted by molar-refractivity contribution is -0.146. The average Bonchev–Trinajstić information content (AvgIpc) is 2.90. The second-order valence-corrected chi connectivity index (χ2v) is 10.1. The van der Waals surface area contributed by atoms with Crippen LogP contribution in [0.5, 0.6) is 5.75 Å². The van der Waals surface area contributed by atoms with Crippen LogP contribution in [0, 0.1) is 5.41 Å². The van der Waals surface area contributed by atoms with Crippen LogP contribution in [0.3, 0.4) is 0 Å². The number of nitrogens with zero attached hydrogens (tertiary/aromatic N) is 3. The van der Waals surface area contributed by atoms with Crippen molar-refractivity contribution in [3.63, 3.8) is 0 Å². The van der Waals surface area contributed by atoms with E-state index in [1.54, 1.807) is 0 Å². The van der Waals surface area contributed by atoms with Gasteiger partial charge in [0.05, 0.1) is 17.5 Å². The topological polar surface area (TPSA) is 45.7 Å². The van der Waals surface area contributed by atoms with Crippen LogP contribution >= 0.6 is 0 Å². The summed E-state index contributed by atoms with van der Waals surface area (Å²) in [5, 5.41) is 1.19. The zero-order valence-electron chi connectivity index (χ0n) is 20.9. The second-order valence-electron chi connectivity index (χ2n) is 10.1. The van der Waals surface area contributed by atoms with Gasteiger partial charge in [-0.05, 0) is 81.4 Å². The number of pyridine rings is 1. The molecule has 1 saturated heterocycles. The van der Waals surface area contributed by atoms with Crippen LogP contribution in [0.4, 0.5) is 0 Å². The van der Waals surface area contributed by atoms with Gasteiger partial charge in [0.25, 0.3) is 0 Å². The first-order valence-electron chi connectivity index (χ1n) is 13.2. The molecule has 3 heterocycles. The molecular weight excluding hydrogens is 434 g/mol. The molecular formula is C30H37N3O2. The van der Waals surface area contributed by atoms with Crippen molar-refractivity contribution in [3.05, 3.63) is 71.9 Å². The van der Waals surface area contributed by atoms with Crippen molar-refractivity contribution >= 4 is 16.8 Å². The van der Waals surface area contributed by atoms with Gasteiger partial charge >= 0.3 is 0 Å². The van der Waals surface area contributed by atoms with E-state index in [1.165, 1.54) is 16.5 Å². The summed E-state index contributed by atoms with van der Waals surface area (Å²) in [5.41, 5.74) is 3.33. The van der Waals surface area contributed by atoms with Gasteiger partial charge in [0.2, 0.25) is 5.91 Å². The van der Waals surface area contributed by atoms with Gasteiger partial charge in [-0.25, -0.2) is 0 Å². The lowest BCUT2D eigenvalue weighted by atomic mass is 9.73. The Kier molecular flexibility index (Phi) is 7.33. The minimum atomic E-state index is -0.243. The van der Waals surface area contributed by atoms with Crippen molar-refractivity contribution < 1.29 is 9.53 Å². The molecule has 1 aromatic heterocycles. The van der Waals surface area contributed by atoms with Crippen molar-refractivity contribution in [2.24, 2.45) is 5.41 Å². The maximum atomic E-state index is 13.9. The first-order chi connectivity index (χ1) is 17.2. The molecule has 1 fully saturated rings. The fourth-order valence-corrected chi connectivity index (χ4v) is 5.81. The summed E-state index contributed by atoms with van der Waals surface area (Å²) in [4.78, 5) is 23.0. The van der Waals surface area contributed by atoms with Crippen LogP contribution in [-0.2, 0) is 17.8 Å². The molecule has 0 N–H and O–H groups in total. The molecule has 0 saturated carbocycles. The summed E-state index contributed by atoms with van der Waals surface area (Å²) in [6, 6.07) is 18.9. The van der Waals surface area contributed by atoms with E-state index in [4.69, 9.17) is 4.74 Å². The number of amides is 1. The van der Waals surface area contributed by atoms with Crippen LogP contribution in [0.15, 0.2) is 60.8 Å². The first-order valence-corrected chi connectivity index (χ1v) is 13.2. The molecule has 0 radical (unpaired) electrons. The van der Waals surface area contributed by atoms with E-state index in [1.807, 2.05) is 23.2 Å². The Morgan fingerprint density at radius 3 is 2.63 bits per heavy atom. The Labute approximate surface area is 209 Å². The fraction of sp³-hybridized carbons (Fsp3) is 0.467. The number of piperidine rings is 1. The molecule has 5 heteroatoms. The van der Waals surface area contributed by atoms with Gasteiger partial charge in [0.15, 0.2) is 0 Å². The standard InChI is InChI=1S/C30H37N3O2/c1-2-33-19-20-35-28-13-6-4-9-25(28)10-7-8-14-30(29(33)34)15-17-32(18-16-30)23-24-21-26-11-3-5-12-27(26)31-22-24/h3-6,9,11-13,21-22H,2,7-8,10,14-20,23H2,1H3. The van der Waals surface area contributed by atoms with Gasteiger partial charge < -0.3 is 9.64 Å². The number of aromatic nitrogens is 1. The van der Waals surface area contributed by atoms with Crippen molar-refractivity contribution in [1.29, 1.82) is 0 Å². The monoisotopic (exact) mass is 471 g/mol. The molecule has 0 atom stereocenters. The van der Waals surface area contributed by atoms with Gasteiger partial charge in [-0.1, -0.05) is 42.8 Å². The molecule has 2 aliphatic heterocycles. The van der Waals surface area contributed by atoms with Gasteiger partial charge in [-0.3, -0.25) is 14.7 Å². The number of likely N-dealkylation sites (N-methyl/N-ethyl adjacent to an activating group) is 1. The highest BCUT2D eigenvalue weighted by atomic mass is 16.5. The molecule has 0 aliphatic carbocycles. The zero-order valence-corrected chi connectivity index (χ0v) is 20.9. The number of hydrogen-bond acceptors (Lipinski definition) is 4. The molecule has 3 aromatic rings. The Morgan fingerprint density at radius 1 is 0.971 bits per heavy atom. The molecule has 184 valence electrons. The highest BCUT2D eigenvalue weighted by molar-refractivity contribution is 5.83. The number of rotatable bonds is 3. The molecule has 1 amide bonds. The minimum Gasteiger partial charge on any atom is -0.491 e. The average molecular weight is 472 g/mol. The van der Waals surface area contributed by atoms with E-state index in [-0.39, 0.29) is 5.41 Å². The van der Waals surface area contributed by atoms with Crippen molar-refractivity contribution in [2.75, 3.05) is 32.8 Å². The number of likely N-dealkylation sites (tertiary alicyclic amines) is 1. The Balaban J connectivity index is 1.27. The summed E-state index contributed by atoms with van der Waals surface area (Å²) in [5.74, 6) is 1.31. The summed E-state index contributed by atoms with van der Waals surface area (Å²) in [7, 11) is 0. The third-order valence-corrected chi connectivity index (χ3v) is 7.93. The van der Waals surface area contributed by atoms with Crippen molar-refractivity contribution in [3.8, 4) is 5.75 Å². The number of hydrogen-bond donors (Lipinski definition) is 0. The summed E-state index contributed by atoms with van der Waals surface area (Å²) < 4.78 is 6.12. The quantitative estimate of drug-likeness (QED) is 0.508. The van der Waals surface area contributed by atoms with E-state index in [0.29, 0.717) is 19.1 Å². The molecule has 2 aromatic carbocycles. The van der Waals surface area contributed by atoms with Gasteiger partial charge in [-0.2, -0.15) is 0 Å². The zero-order chi connectivity index (χ0) is 24.1. The van der Waals surface area contributed by atoms with E-state index in [0.717, 1.165) is 76.0 Å².